The van der Waals surface area contributed by atoms with Gasteiger partial charge in [-0.05, 0) is 67.6 Å². The van der Waals surface area contributed by atoms with Gasteiger partial charge in [0, 0.05) is 5.02 Å². The minimum atomic E-state index is 0.744. The molecule has 0 radical (unpaired) electrons. The molecule has 2 fully saturated rings. The van der Waals surface area contributed by atoms with Crippen LogP contribution in [0.1, 0.15) is 43.2 Å². The van der Waals surface area contributed by atoms with Crippen LogP contribution in [0.4, 0.5) is 0 Å². The zero-order chi connectivity index (χ0) is 11.2. The normalized spacial score (nSPS) is 26.2. The molecule has 0 N–H and O–H groups in total. The van der Waals surface area contributed by atoms with E-state index in [4.69, 9.17) is 11.6 Å². The van der Waals surface area contributed by atoms with Crippen LogP contribution < -0.4 is 0 Å². The molecule has 1 heteroatoms. The fourth-order valence-electron chi connectivity index (χ4n) is 3.45. The lowest BCUT2D eigenvalue weighted by molar-refractivity contribution is -0.0481. The van der Waals surface area contributed by atoms with Gasteiger partial charge in [-0.3, -0.25) is 0 Å². The molecule has 16 heavy (non-hydrogen) atoms. The molecule has 2 aliphatic rings. The minimum absolute atomic E-state index is 0.744. The maximum atomic E-state index is 6.31. The molecule has 0 nitrogen and oxygen atoms in total. The Morgan fingerprint density at radius 3 is 2.62 bits per heavy atom. The van der Waals surface area contributed by atoms with Gasteiger partial charge < -0.3 is 0 Å². The molecule has 1 spiro atoms. The molecular weight excluding hydrogens is 216 g/mol. The van der Waals surface area contributed by atoms with E-state index in [9.17, 15) is 0 Å². The fourth-order valence-corrected chi connectivity index (χ4v) is 3.76. The second kappa shape index (κ2) is 3.77. The third-order valence-corrected chi connectivity index (χ3v) is 5.23. The van der Waals surface area contributed by atoms with Crippen molar-refractivity contribution >= 4 is 11.6 Å². The van der Waals surface area contributed by atoms with Gasteiger partial charge in [0.1, 0.15) is 0 Å². The van der Waals surface area contributed by atoms with E-state index in [1.165, 1.54) is 49.7 Å². The summed E-state index contributed by atoms with van der Waals surface area (Å²) in [6, 6.07) is 6.51. The lowest BCUT2D eigenvalue weighted by Crippen LogP contribution is -2.46. The van der Waals surface area contributed by atoms with Crippen LogP contribution in [-0.2, 0) is 6.42 Å². The van der Waals surface area contributed by atoms with Crippen LogP contribution >= 0.6 is 11.6 Å². The van der Waals surface area contributed by atoms with Crippen molar-refractivity contribution in [2.75, 3.05) is 0 Å². The van der Waals surface area contributed by atoms with Crippen LogP contribution in [0.2, 0.25) is 5.02 Å². The van der Waals surface area contributed by atoms with Crippen molar-refractivity contribution in [2.24, 2.45) is 11.3 Å². The SMILES string of the molecule is Cc1ccc(CC2CCC23CCC3)c(Cl)c1. The monoisotopic (exact) mass is 234 g/mol. The standard InChI is InChI=1S/C15H19Cl/c1-11-3-4-12(14(16)9-11)10-13-5-8-15(13)6-2-7-15/h3-4,9,13H,2,5-8,10H2,1H3. The summed E-state index contributed by atoms with van der Waals surface area (Å²) in [6.07, 6.45) is 8.50. The van der Waals surface area contributed by atoms with Crippen molar-refractivity contribution < 1.29 is 0 Å². The predicted molar refractivity (Wildman–Crippen MR) is 68.9 cm³/mol. The maximum absolute atomic E-state index is 6.31. The molecule has 1 atom stereocenters. The molecule has 2 saturated carbocycles. The summed E-state index contributed by atoms with van der Waals surface area (Å²) in [4.78, 5) is 0. The molecule has 1 aromatic carbocycles. The number of hydrogen-bond acceptors (Lipinski definition) is 0. The fraction of sp³-hybridized carbons (Fsp3) is 0.600. The van der Waals surface area contributed by atoms with E-state index in [0.29, 0.717) is 0 Å². The van der Waals surface area contributed by atoms with Gasteiger partial charge in [-0.2, -0.15) is 0 Å². The highest BCUT2D eigenvalue weighted by Gasteiger charge is 2.50. The van der Waals surface area contributed by atoms with E-state index in [-0.39, 0.29) is 0 Å². The van der Waals surface area contributed by atoms with Crippen LogP contribution in [0.5, 0.6) is 0 Å². The highest BCUT2D eigenvalue weighted by atomic mass is 35.5. The van der Waals surface area contributed by atoms with E-state index in [1.807, 2.05) is 0 Å². The molecule has 0 amide bonds. The van der Waals surface area contributed by atoms with E-state index < -0.39 is 0 Å². The van der Waals surface area contributed by atoms with E-state index >= 15 is 0 Å². The lowest BCUT2D eigenvalue weighted by atomic mass is 9.49. The zero-order valence-electron chi connectivity index (χ0n) is 9.93. The van der Waals surface area contributed by atoms with Crippen molar-refractivity contribution in [3.63, 3.8) is 0 Å². The van der Waals surface area contributed by atoms with Crippen LogP contribution in [0.25, 0.3) is 0 Å². The molecule has 86 valence electrons. The summed E-state index contributed by atoms with van der Waals surface area (Å²) in [5.41, 5.74) is 3.37. The van der Waals surface area contributed by atoms with Gasteiger partial charge in [-0.1, -0.05) is 30.2 Å². The Labute approximate surface area is 103 Å². The Morgan fingerprint density at radius 1 is 1.31 bits per heavy atom. The Kier molecular flexibility index (Phi) is 2.51. The van der Waals surface area contributed by atoms with Crippen LogP contribution in [-0.4, -0.2) is 0 Å². The molecule has 0 aliphatic heterocycles. The first-order valence-electron chi connectivity index (χ1n) is 6.45. The second-order valence-corrected chi connectivity index (χ2v) is 6.16. The molecule has 1 aromatic rings. The molecule has 0 aromatic heterocycles. The first kappa shape index (κ1) is 10.7. The van der Waals surface area contributed by atoms with E-state index in [2.05, 4.69) is 25.1 Å². The highest BCUT2D eigenvalue weighted by molar-refractivity contribution is 6.31. The molecular formula is C15H19Cl. The van der Waals surface area contributed by atoms with Crippen molar-refractivity contribution in [1.29, 1.82) is 0 Å². The minimum Gasteiger partial charge on any atom is -0.0840 e. The van der Waals surface area contributed by atoms with Gasteiger partial charge in [0.05, 0.1) is 0 Å². The summed E-state index contributed by atoms with van der Waals surface area (Å²) in [7, 11) is 0. The van der Waals surface area contributed by atoms with Gasteiger partial charge in [-0.15, -0.1) is 0 Å². The zero-order valence-corrected chi connectivity index (χ0v) is 10.7. The van der Waals surface area contributed by atoms with Gasteiger partial charge in [0.15, 0.2) is 0 Å². The summed E-state index contributed by atoms with van der Waals surface area (Å²) < 4.78 is 0. The number of benzene rings is 1. The van der Waals surface area contributed by atoms with Gasteiger partial charge in [0.25, 0.3) is 0 Å². The highest BCUT2D eigenvalue weighted by Crippen LogP contribution is 2.60. The number of halogens is 1. The number of rotatable bonds is 2. The first-order valence-corrected chi connectivity index (χ1v) is 6.82. The summed E-state index contributed by atoms with van der Waals surface area (Å²) in [5, 5.41) is 0.973. The van der Waals surface area contributed by atoms with Crippen LogP contribution in [0.3, 0.4) is 0 Å². The number of aryl methyl sites for hydroxylation is 1. The van der Waals surface area contributed by atoms with Gasteiger partial charge in [-0.25, -0.2) is 0 Å². The van der Waals surface area contributed by atoms with Gasteiger partial charge in [0.2, 0.25) is 0 Å². The molecule has 0 saturated heterocycles. The van der Waals surface area contributed by atoms with E-state index in [0.717, 1.165) is 16.4 Å². The topological polar surface area (TPSA) is 0 Å². The maximum Gasteiger partial charge on any atom is 0.0440 e. The Balaban J connectivity index is 1.74. The average molecular weight is 235 g/mol. The quantitative estimate of drug-likeness (QED) is 0.692. The summed E-state index contributed by atoms with van der Waals surface area (Å²) in [5.74, 6) is 0.918. The predicted octanol–water partition coefficient (Wildman–Crippen LogP) is 4.77. The van der Waals surface area contributed by atoms with Crippen molar-refractivity contribution in [2.45, 2.75) is 45.4 Å². The third-order valence-electron chi connectivity index (χ3n) is 4.88. The lowest BCUT2D eigenvalue weighted by Gasteiger charge is -2.56. The summed E-state index contributed by atoms with van der Waals surface area (Å²) in [6.45, 7) is 2.10. The summed E-state index contributed by atoms with van der Waals surface area (Å²) >= 11 is 6.31. The number of hydrogen-bond donors (Lipinski definition) is 0. The second-order valence-electron chi connectivity index (χ2n) is 5.75. The van der Waals surface area contributed by atoms with Crippen molar-refractivity contribution in [3.8, 4) is 0 Å². The average Bonchev–Trinajstić information content (AvgIpc) is 2.12. The molecule has 0 bridgehead atoms. The smallest absolute Gasteiger partial charge is 0.0440 e. The molecule has 1 unspecified atom stereocenters. The third kappa shape index (κ3) is 1.59. The van der Waals surface area contributed by atoms with Crippen LogP contribution in [0, 0.1) is 18.3 Å². The van der Waals surface area contributed by atoms with E-state index in [1.54, 1.807) is 0 Å². The van der Waals surface area contributed by atoms with Crippen molar-refractivity contribution in [1.82, 2.24) is 0 Å². The Morgan fingerprint density at radius 2 is 2.12 bits per heavy atom. The van der Waals surface area contributed by atoms with Crippen LogP contribution in [0.15, 0.2) is 18.2 Å². The largest absolute Gasteiger partial charge is 0.0840 e. The molecule has 0 heterocycles. The first-order chi connectivity index (χ1) is 7.70. The van der Waals surface area contributed by atoms with Gasteiger partial charge >= 0.3 is 0 Å². The molecule has 3 rings (SSSR count). The Hall–Kier alpha value is -0.490. The van der Waals surface area contributed by atoms with Crippen molar-refractivity contribution in [3.05, 3.63) is 34.3 Å². The molecule has 2 aliphatic carbocycles. The Bertz CT molecular complexity index is 398.